The standard InChI is InChI=1S/C25H40N2O4/c1-7-27(8-2)25(5,24(29)30)21-16-15-20(17-22(21)31-6)18-26-23(28)14-12-10-9-11-13-19(3)4/h11,13,15-17,19H,7-10,12,14,18H2,1-6H3,(H,26,28)(H,29,30)/b13-11+/t25-/m1/s1. The number of hydrogen-bond donors (Lipinski definition) is 2. The smallest absolute Gasteiger partial charge is 0.328 e. The highest BCUT2D eigenvalue weighted by Gasteiger charge is 2.42. The van der Waals surface area contributed by atoms with E-state index in [0.717, 1.165) is 24.8 Å². The molecule has 2 N–H and O–H groups in total. The summed E-state index contributed by atoms with van der Waals surface area (Å²) in [5.41, 5.74) is 0.289. The number of nitrogens with zero attached hydrogens (tertiary/aromatic N) is 1. The lowest BCUT2D eigenvalue weighted by Crippen LogP contribution is -2.49. The molecule has 1 aromatic carbocycles. The molecular formula is C25H40N2O4. The lowest BCUT2D eigenvalue weighted by molar-refractivity contribution is -0.151. The van der Waals surface area contributed by atoms with Gasteiger partial charge in [-0.2, -0.15) is 0 Å². The number of methoxy groups -OCH3 is 1. The fourth-order valence-corrected chi connectivity index (χ4v) is 3.73. The molecule has 6 nitrogen and oxygen atoms in total. The Bertz CT molecular complexity index is 741. The highest BCUT2D eigenvalue weighted by atomic mass is 16.5. The molecule has 0 saturated heterocycles. The number of amides is 1. The average molecular weight is 433 g/mol. The van der Waals surface area contributed by atoms with Gasteiger partial charge in [0.25, 0.3) is 0 Å². The molecule has 0 aliphatic carbocycles. The van der Waals surface area contributed by atoms with Crippen molar-refractivity contribution < 1.29 is 19.4 Å². The molecule has 6 heteroatoms. The third-order valence-electron chi connectivity index (χ3n) is 5.64. The molecule has 31 heavy (non-hydrogen) atoms. The van der Waals surface area contributed by atoms with Gasteiger partial charge in [0, 0.05) is 18.5 Å². The summed E-state index contributed by atoms with van der Waals surface area (Å²) in [6.07, 6.45) is 7.73. The summed E-state index contributed by atoms with van der Waals surface area (Å²) >= 11 is 0. The largest absolute Gasteiger partial charge is 0.496 e. The first-order valence-corrected chi connectivity index (χ1v) is 11.3. The third-order valence-corrected chi connectivity index (χ3v) is 5.64. The fraction of sp³-hybridized carbons (Fsp3) is 0.600. The first-order valence-electron chi connectivity index (χ1n) is 11.3. The van der Waals surface area contributed by atoms with Crippen molar-refractivity contribution >= 4 is 11.9 Å². The van der Waals surface area contributed by atoms with Crippen LogP contribution >= 0.6 is 0 Å². The Morgan fingerprint density at radius 1 is 1.23 bits per heavy atom. The monoisotopic (exact) mass is 432 g/mol. The molecule has 1 amide bonds. The van der Waals surface area contributed by atoms with E-state index in [9.17, 15) is 14.7 Å². The van der Waals surface area contributed by atoms with Crippen molar-refractivity contribution in [1.29, 1.82) is 0 Å². The Morgan fingerprint density at radius 3 is 2.45 bits per heavy atom. The number of carboxylic acid groups (broad SMARTS) is 1. The molecule has 0 radical (unpaired) electrons. The molecule has 0 saturated carbocycles. The van der Waals surface area contributed by atoms with Gasteiger partial charge in [0.05, 0.1) is 7.11 Å². The SMILES string of the molecule is CCN(CC)[C@@](C)(C(=O)O)c1ccc(CNC(=O)CCCC/C=C/C(C)C)cc1OC. The van der Waals surface area contributed by atoms with Crippen LogP contribution in [0, 0.1) is 5.92 Å². The Hall–Kier alpha value is -2.34. The van der Waals surface area contributed by atoms with Crippen molar-refractivity contribution in [2.75, 3.05) is 20.2 Å². The number of carbonyl (C=O) groups excluding carboxylic acids is 1. The molecule has 0 fully saturated rings. The van der Waals surface area contributed by atoms with E-state index < -0.39 is 11.5 Å². The quantitative estimate of drug-likeness (QED) is 0.328. The number of benzene rings is 1. The van der Waals surface area contributed by atoms with E-state index in [4.69, 9.17) is 4.74 Å². The molecule has 174 valence electrons. The first-order chi connectivity index (χ1) is 14.7. The number of nitrogens with one attached hydrogen (secondary N) is 1. The van der Waals surface area contributed by atoms with E-state index in [1.165, 1.54) is 0 Å². The van der Waals surface area contributed by atoms with E-state index >= 15 is 0 Å². The van der Waals surface area contributed by atoms with Crippen molar-refractivity contribution in [3.8, 4) is 5.75 Å². The van der Waals surface area contributed by atoms with Crippen LogP contribution in [-0.2, 0) is 21.7 Å². The maximum absolute atomic E-state index is 12.2. The van der Waals surface area contributed by atoms with Crippen molar-refractivity contribution in [3.63, 3.8) is 0 Å². The van der Waals surface area contributed by atoms with Crippen LogP contribution < -0.4 is 10.1 Å². The van der Waals surface area contributed by atoms with E-state index in [1.807, 2.05) is 30.9 Å². The molecule has 0 heterocycles. The van der Waals surface area contributed by atoms with Crippen molar-refractivity contribution in [2.45, 2.75) is 72.4 Å². The van der Waals surface area contributed by atoms with E-state index in [-0.39, 0.29) is 5.91 Å². The minimum atomic E-state index is -1.19. The number of unbranched alkanes of at least 4 members (excludes halogenated alkanes) is 2. The van der Waals surface area contributed by atoms with E-state index in [1.54, 1.807) is 20.1 Å². The van der Waals surface area contributed by atoms with Crippen molar-refractivity contribution in [2.24, 2.45) is 5.92 Å². The predicted octanol–water partition coefficient (Wildman–Crippen LogP) is 4.73. The van der Waals surface area contributed by atoms with Gasteiger partial charge in [0.2, 0.25) is 5.91 Å². The zero-order valence-corrected chi connectivity index (χ0v) is 20.0. The lowest BCUT2D eigenvalue weighted by Gasteiger charge is -2.37. The van der Waals surface area contributed by atoms with Crippen LogP contribution in [0.3, 0.4) is 0 Å². The zero-order chi connectivity index (χ0) is 23.4. The molecular weight excluding hydrogens is 392 g/mol. The molecule has 0 aromatic heterocycles. The van der Waals surface area contributed by atoms with Crippen LogP contribution in [-0.4, -0.2) is 42.1 Å². The highest BCUT2D eigenvalue weighted by molar-refractivity contribution is 5.81. The number of rotatable bonds is 14. The molecule has 0 aliphatic rings. The van der Waals surface area contributed by atoms with Gasteiger partial charge in [-0.1, -0.05) is 52.0 Å². The summed E-state index contributed by atoms with van der Waals surface area (Å²) in [5, 5.41) is 12.9. The molecule has 0 unspecified atom stereocenters. The highest BCUT2D eigenvalue weighted by Crippen LogP contribution is 2.36. The Balaban J connectivity index is 2.76. The van der Waals surface area contributed by atoms with Crippen LogP contribution in [0.4, 0.5) is 0 Å². The minimum Gasteiger partial charge on any atom is -0.496 e. The summed E-state index contributed by atoms with van der Waals surface area (Å²) in [5.74, 6) is 0.181. The fourth-order valence-electron chi connectivity index (χ4n) is 3.73. The van der Waals surface area contributed by atoms with Crippen molar-refractivity contribution in [3.05, 3.63) is 41.5 Å². The maximum atomic E-state index is 12.2. The Kier molecular flexibility index (Phi) is 11.3. The van der Waals surface area contributed by atoms with Gasteiger partial charge in [-0.05, 0) is 56.8 Å². The third kappa shape index (κ3) is 7.69. The predicted molar refractivity (Wildman–Crippen MR) is 125 cm³/mol. The topological polar surface area (TPSA) is 78.9 Å². The zero-order valence-electron chi connectivity index (χ0n) is 20.0. The summed E-state index contributed by atoms with van der Waals surface area (Å²) < 4.78 is 5.54. The minimum absolute atomic E-state index is 0.0226. The van der Waals surface area contributed by atoms with Gasteiger partial charge < -0.3 is 15.2 Å². The van der Waals surface area contributed by atoms with Gasteiger partial charge in [0.15, 0.2) is 0 Å². The molecule has 0 spiro atoms. The average Bonchev–Trinajstić information content (AvgIpc) is 2.74. The first kappa shape index (κ1) is 26.7. The normalized spacial score (nSPS) is 13.5. The van der Waals surface area contributed by atoms with Gasteiger partial charge in [-0.15, -0.1) is 0 Å². The Morgan fingerprint density at radius 2 is 1.90 bits per heavy atom. The molecule has 1 aromatic rings. The summed E-state index contributed by atoms with van der Waals surface area (Å²) in [6.45, 7) is 11.5. The van der Waals surface area contributed by atoms with Gasteiger partial charge in [0.1, 0.15) is 11.3 Å². The second kappa shape index (κ2) is 13.2. The molecule has 1 atom stereocenters. The van der Waals surface area contributed by atoms with Crippen LogP contribution in [0.5, 0.6) is 5.75 Å². The number of allylic oxidation sites excluding steroid dienone is 2. The number of carboxylic acids is 1. The number of aliphatic carboxylic acids is 1. The van der Waals surface area contributed by atoms with Gasteiger partial charge in [-0.25, -0.2) is 4.79 Å². The van der Waals surface area contributed by atoms with E-state index in [0.29, 0.717) is 43.3 Å². The summed E-state index contributed by atoms with van der Waals surface area (Å²) in [4.78, 5) is 26.2. The molecule has 0 bridgehead atoms. The van der Waals surface area contributed by atoms with Gasteiger partial charge in [-0.3, -0.25) is 9.69 Å². The van der Waals surface area contributed by atoms with Crippen LogP contribution in [0.2, 0.25) is 0 Å². The molecule has 0 aliphatic heterocycles. The van der Waals surface area contributed by atoms with E-state index in [2.05, 4.69) is 31.3 Å². The summed E-state index contributed by atoms with van der Waals surface area (Å²) in [6, 6.07) is 5.48. The van der Waals surface area contributed by atoms with Crippen LogP contribution in [0.1, 0.15) is 71.4 Å². The number of ether oxygens (including phenoxy) is 1. The summed E-state index contributed by atoms with van der Waals surface area (Å²) in [7, 11) is 1.54. The van der Waals surface area contributed by atoms with Gasteiger partial charge >= 0.3 is 5.97 Å². The second-order valence-corrected chi connectivity index (χ2v) is 8.28. The van der Waals surface area contributed by atoms with Crippen LogP contribution in [0.25, 0.3) is 0 Å². The van der Waals surface area contributed by atoms with Crippen LogP contribution in [0.15, 0.2) is 30.4 Å². The Labute approximate surface area is 187 Å². The molecule has 1 rings (SSSR count). The van der Waals surface area contributed by atoms with Crippen molar-refractivity contribution in [1.82, 2.24) is 10.2 Å². The lowest BCUT2D eigenvalue weighted by atomic mass is 9.88. The second-order valence-electron chi connectivity index (χ2n) is 8.28. The number of likely N-dealkylation sites (N-methyl/N-ethyl adjacent to an activating group) is 1. The number of hydrogen-bond acceptors (Lipinski definition) is 4. The maximum Gasteiger partial charge on any atom is 0.328 e. The number of carbonyl (C=O) groups is 2.